The summed E-state index contributed by atoms with van der Waals surface area (Å²) in [6.45, 7) is 6.95. The van der Waals surface area contributed by atoms with Crippen LogP contribution < -0.4 is 0 Å². The molecule has 0 saturated carbocycles. The minimum absolute atomic E-state index is 0.103. The van der Waals surface area contributed by atoms with Crippen LogP contribution in [0, 0.1) is 0 Å². The molecule has 7 nitrogen and oxygen atoms in total. The number of rotatable bonds is 6. The fourth-order valence-electron chi connectivity index (χ4n) is 1.44. The molecule has 0 fully saturated rings. The van der Waals surface area contributed by atoms with Gasteiger partial charge in [0.05, 0.1) is 18.5 Å². The third kappa shape index (κ3) is 56.2. The smallest absolute Gasteiger partial charge is 0.692 e. The molecule has 0 radical (unpaired) electrons. The zero-order valence-electron chi connectivity index (χ0n) is 11.6. The molecule has 0 bridgehead atoms. The second kappa shape index (κ2) is 16.4. The second-order valence-corrected chi connectivity index (χ2v) is 8.04. The van der Waals surface area contributed by atoms with E-state index in [0.29, 0.717) is 0 Å². The summed E-state index contributed by atoms with van der Waals surface area (Å²) in [6.07, 6.45) is 8.88. The number of hydrogen-bond acceptors (Lipinski definition) is 4. The molecule has 0 heterocycles. The van der Waals surface area contributed by atoms with Crippen LogP contribution in [-0.4, -0.2) is 45.8 Å². The highest BCUT2D eigenvalue weighted by atomic mass is 32.3. The average molecular weight is 339 g/mol. The van der Waals surface area contributed by atoms with Crippen molar-refractivity contribution in [2.75, 3.05) is 18.5 Å². The largest absolute Gasteiger partial charge is 0.726 e. The predicted octanol–water partition coefficient (Wildman–Crippen LogP) is 2.06. The Balaban J connectivity index is -0.000000238. The normalized spacial score (nSPS) is 10.1. The Bertz CT molecular complexity index is 269. The molecule has 10 heteroatoms. The molecule has 3 N–H and O–H groups in total. The lowest BCUT2D eigenvalue weighted by Crippen LogP contribution is -1.92. The number of hydrogen-bond donors (Lipinski definition) is 3. The summed E-state index contributed by atoms with van der Waals surface area (Å²) >= 11 is 0. The van der Waals surface area contributed by atoms with Gasteiger partial charge >= 0.3 is 8.25 Å². The van der Waals surface area contributed by atoms with Gasteiger partial charge < -0.3 is 4.55 Å². The molecule has 0 atom stereocenters. The van der Waals surface area contributed by atoms with Crippen molar-refractivity contribution in [2.45, 2.75) is 40.0 Å². The molecule has 0 aliphatic carbocycles. The molecular weight excluding hydrogens is 314 g/mol. The van der Waals surface area contributed by atoms with Crippen LogP contribution in [-0.2, 0) is 15.0 Å². The summed E-state index contributed by atoms with van der Waals surface area (Å²) in [5.41, 5.74) is 0. The van der Waals surface area contributed by atoms with Gasteiger partial charge in [-0.15, -0.1) is 9.79 Å². The van der Waals surface area contributed by atoms with Gasteiger partial charge in [-0.2, -0.15) is 0 Å². The minimum atomic E-state index is -4.92. The van der Waals surface area contributed by atoms with Crippen molar-refractivity contribution >= 4 is 26.6 Å². The first-order valence-electron chi connectivity index (χ1n) is 5.95. The van der Waals surface area contributed by atoms with Gasteiger partial charge in [0, 0.05) is 12.5 Å². The van der Waals surface area contributed by atoms with E-state index in [-0.39, 0.29) is 7.92 Å². The summed E-state index contributed by atoms with van der Waals surface area (Å²) in [4.78, 5) is 14.2. The molecule has 0 aliphatic heterocycles. The maximum atomic E-state index is 8.70. The van der Waals surface area contributed by atoms with Gasteiger partial charge in [-0.05, 0) is 19.3 Å². The van der Waals surface area contributed by atoms with Gasteiger partial charge in [-0.3, -0.25) is 4.55 Å². The third-order valence-corrected chi connectivity index (χ3v) is 5.43. The molecule has 0 rings (SSSR count). The molecule has 0 aromatic rings. The van der Waals surface area contributed by atoms with Gasteiger partial charge in [0.2, 0.25) is 10.4 Å². The molecule has 0 saturated heterocycles. The van der Waals surface area contributed by atoms with Gasteiger partial charge in [0.25, 0.3) is 0 Å². The average Bonchev–Trinajstić information content (AvgIpc) is 2.15. The molecule has 118 valence electrons. The fraction of sp³-hybridized carbons (Fsp3) is 1.00. The molecular formula is C9H25O7P2S+. The Morgan fingerprint density at radius 1 is 1.00 bits per heavy atom. The Morgan fingerprint density at radius 3 is 1.26 bits per heavy atom. The maximum absolute atomic E-state index is 8.70. The van der Waals surface area contributed by atoms with E-state index in [9.17, 15) is 0 Å². The zero-order chi connectivity index (χ0) is 15.9. The Kier molecular flexibility index (Phi) is 21.0. The Labute approximate surface area is 117 Å². The first-order chi connectivity index (χ1) is 8.58. The van der Waals surface area contributed by atoms with Crippen molar-refractivity contribution in [3.8, 4) is 0 Å². The van der Waals surface area contributed by atoms with Gasteiger partial charge in [0.1, 0.15) is 0 Å². The fourth-order valence-corrected chi connectivity index (χ4v) is 4.31. The molecule has 0 unspecified atom stereocenters. The van der Waals surface area contributed by atoms with Crippen LogP contribution in [0.2, 0.25) is 0 Å². The highest BCUT2D eigenvalue weighted by Crippen LogP contribution is 2.37. The van der Waals surface area contributed by atoms with Crippen LogP contribution >= 0.6 is 16.2 Å². The molecule has 0 spiro atoms. The zero-order valence-corrected chi connectivity index (χ0v) is 14.3. The molecule has 0 aliphatic rings. The summed E-state index contributed by atoms with van der Waals surface area (Å²) < 4.78 is 41.5. The van der Waals surface area contributed by atoms with E-state index >= 15 is 0 Å². The van der Waals surface area contributed by atoms with Gasteiger partial charge in [-0.1, -0.05) is 20.8 Å². The van der Waals surface area contributed by atoms with Crippen LogP contribution in [0.5, 0.6) is 0 Å². The van der Waals surface area contributed by atoms with Crippen molar-refractivity contribution in [3.63, 3.8) is 0 Å². The summed E-state index contributed by atoms with van der Waals surface area (Å²) in [7, 11) is -7.68. The first kappa shape index (κ1) is 24.3. The minimum Gasteiger partial charge on any atom is -0.726 e. The van der Waals surface area contributed by atoms with Crippen molar-refractivity contribution in [3.05, 3.63) is 0 Å². The molecule has 0 amide bonds. The van der Waals surface area contributed by atoms with Crippen LogP contribution in [0.1, 0.15) is 40.0 Å². The Morgan fingerprint density at radius 2 is 1.16 bits per heavy atom. The van der Waals surface area contributed by atoms with Crippen molar-refractivity contribution in [1.82, 2.24) is 0 Å². The third-order valence-electron chi connectivity index (χ3n) is 1.81. The van der Waals surface area contributed by atoms with Crippen molar-refractivity contribution in [1.29, 1.82) is 0 Å². The van der Waals surface area contributed by atoms with Crippen molar-refractivity contribution in [2.24, 2.45) is 0 Å². The standard InChI is InChI=1S/C9H21P.H2O4S.HO3P/c1-4-7-10(8-5-2)9-6-3;1-5(2,3)4;1-4(2)3/h4-9H2,1-3H3;(H2,1,2,3,4);(H-,1,2,3)/p+1. The molecule has 0 aromatic heterocycles. The lowest BCUT2D eigenvalue weighted by molar-refractivity contribution is 0.366. The van der Waals surface area contributed by atoms with E-state index in [1.165, 1.54) is 19.3 Å². The molecule has 19 heavy (non-hydrogen) atoms. The van der Waals surface area contributed by atoms with E-state index in [0.717, 1.165) is 0 Å². The SMILES string of the molecule is CCC[PH+](CCC)CCC.O=S(=O)([O-])O.O=[P+](O)O. The van der Waals surface area contributed by atoms with E-state index in [4.69, 9.17) is 31.9 Å². The molecule has 0 aromatic carbocycles. The summed E-state index contributed by atoms with van der Waals surface area (Å²) in [5, 5.41) is 0. The summed E-state index contributed by atoms with van der Waals surface area (Å²) in [6, 6.07) is 0. The second-order valence-electron chi connectivity index (χ2n) is 3.68. The predicted molar refractivity (Wildman–Crippen MR) is 78.2 cm³/mol. The quantitative estimate of drug-likeness (QED) is 0.383. The van der Waals surface area contributed by atoms with Crippen LogP contribution in [0.3, 0.4) is 0 Å². The first-order valence-corrected chi connectivity index (χ1v) is 10.6. The highest BCUT2D eigenvalue weighted by molar-refractivity contribution is 7.79. The lowest BCUT2D eigenvalue weighted by Gasteiger charge is -2.05. The maximum Gasteiger partial charge on any atom is 0.692 e. The monoisotopic (exact) mass is 339 g/mol. The van der Waals surface area contributed by atoms with E-state index in [1.807, 2.05) is 0 Å². The van der Waals surface area contributed by atoms with E-state index in [2.05, 4.69) is 20.8 Å². The lowest BCUT2D eigenvalue weighted by atomic mass is 10.6. The Hall–Kier alpha value is 0.320. The van der Waals surface area contributed by atoms with Crippen LogP contribution in [0.4, 0.5) is 0 Å². The van der Waals surface area contributed by atoms with E-state index < -0.39 is 18.7 Å². The highest BCUT2D eigenvalue weighted by Gasteiger charge is 2.10. The van der Waals surface area contributed by atoms with Gasteiger partial charge in [0.15, 0.2) is 0 Å². The van der Waals surface area contributed by atoms with Crippen molar-refractivity contribution < 1.29 is 31.9 Å². The van der Waals surface area contributed by atoms with E-state index in [1.54, 1.807) is 18.5 Å². The van der Waals surface area contributed by atoms with Gasteiger partial charge in [-0.25, -0.2) is 8.42 Å². The van der Waals surface area contributed by atoms with Crippen LogP contribution in [0.25, 0.3) is 0 Å². The topological polar surface area (TPSA) is 135 Å². The summed E-state index contributed by atoms with van der Waals surface area (Å²) in [5.74, 6) is 0. The van der Waals surface area contributed by atoms with Crippen LogP contribution in [0.15, 0.2) is 0 Å².